The molecule has 1 aliphatic rings. The van der Waals surface area contributed by atoms with E-state index < -0.39 is 17.5 Å². The van der Waals surface area contributed by atoms with Crippen molar-refractivity contribution in [1.82, 2.24) is 0 Å². The molecule has 0 bridgehead atoms. The summed E-state index contributed by atoms with van der Waals surface area (Å²) >= 11 is 5.65. The van der Waals surface area contributed by atoms with Crippen molar-refractivity contribution in [1.29, 1.82) is 0 Å². The first-order valence-corrected chi connectivity index (χ1v) is 4.84. The van der Waals surface area contributed by atoms with Gasteiger partial charge in [0.15, 0.2) is 0 Å². The van der Waals surface area contributed by atoms with Crippen molar-refractivity contribution in [3.8, 4) is 5.75 Å². The lowest BCUT2D eigenvalue weighted by atomic mass is 10.0. The van der Waals surface area contributed by atoms with Crippen LogP contribution in [0, 0.1) is 0 Å². The van der Waals surface area contributed by atoms with Gasteiger partial charge >= 0.3 is 6.18 Å². The number of Topliss-reactive ketones (excluding diaryl/α,β-unsaturated/α-hetero) is 1. The van der Waals surface area contributed by atoms with Crippen LogP contribution in [0.3, 0.4) is 0 Å². The van der Waals surface area contributed by atoms with Crippen LogP contribution in [0.5, 0.6) is 5.75 Å². The number of hydrogen-bond acceptors (Lipinski definition) is 2. The quantitative estimate of drug-likeness (QED) is 0.716. The minimum absolute atomic E-state index is 0.00623. The Morgan fingerprint density at radius 2 is 2.06 bits per heavy atom. The Morgan fingerprint density at radius 3 is 2.69 bits per heavy atom. The SMILES string of the molecule is O=C(c1cc(Cl)cc2c1OCC2)C(F)(F)F. The number of carbonyl (C=O) groups is 1. The standard InChI is InChI=1S/C10H6ClF3O2/c11-6-3-5-1-2-16-8(5)7(4-6)9(15)10(12,13)14/h3-4H,1-2H2. The monoisotopic (exact) mass is 250 g/mol. The van der Waals surface area contributed by atoms with Crippen LogP contribution >= 0.6 is 11.6 Å². The normalized spacial score (nSPS) is 14.5. The lowest BCUT2D eigenvalue weighted by Gasteiger charge is -2.09. The van der Waals surface area contributed by atoms with Gasteiger partial charge in [0, 0.05) is 11.4 Å². The van der Waals surface area contributed by atoms with Gasteiger partial charge < -0.3 is 4.74 Å². The lowest BCUT2D eigenvalue weighted by Crippen LogP contribution is -2.23. The number of hydrogen-bond donors (Lipinski definition) is 0. The van der Waals surface area contributed by atoms with E-state index >= 15 is 0 Å². The molecular weight excluding hydrogens is 245 g/mol. The fourth-order valence-electron chi connectivity index (χ4n) is 1.59. The molecule has 16 heavy (non-hydrogen) atoms. The molecule has 2 rings (SSSR count). The zero-order valence-corrected chi connectivity index (χ0v) is 8.65. The molecule has 0 aromatic heterocycles. The molecular formula is C10H6ClF3O2. The Bertz CT molecular complexity index is 454. The second-order valence-electron chi connectivity index (χ2n) is 3.37. The molecule has 0 spiro atoms. The highest BCUT2D eigenvalue weighted by Crippen LogP contribution is 2.36. The van der Waals surface area contributed by atoms with Gasteiger partial charge in [0.2, 0.25) is 0 Å². The zero-order chi connectivity index (χ0) is 11.9. The van der Waals surface area contributed by atoms with E-state index in [2.05, 4.69) is 0 Å². The number of carbonyl (C=O) groups excluding carboxylic acids is 1. The van der Waals surface area contributed by atoms with Gasteiger partial charge in [-0.2, -0.15) is 13.2 Å². The molecule has 1 aromatic rings. The molecule has 0 atom stereocenters. The van der Waals surface area contributed by atoms with Gasteiger partial charge in [-0.25, -0.2) is 0 Å². The molecule has 0 unspecified atom stereocenters. The maximum absolute atomic E-state index is 12.3. The number of ketones is 1. The molecule has 0 fully saturated rings. The average Bonchev–Trinajstić information content (AvgIpc) is 2.61. The Morgan fingerprint density at radius 1 is 1.38 bits per heavy atom. The van der Waals surface area contributed by atoms with Crippen LogP contribution in [-0.2, 0) is 6.42 Å². The Hall–Kier alpha value is -1.23. The molecule has 1 aliphatic heterocycles. The predicted octanol–water partition coefficient (Wildman–Crippen LogP) is 3.02. The van der Waals surface area contributed by atoms with Crippen molar-refractivity contribution in [2.24, 2.45) is 0 Å². The molecule has 0 radical (unpaired) electrons. The number of rotatable bonds is 1. The van der Waals surface area contributed by atoms with Gasteiger partial charge in [0.25, 0.3) is 5.78 Å². The second-order valence-corrected chi connectivity index (χ2v) is 3.80. The molecule has 0 saturated heterocycles. The number of halogens is 4. The molecule has 0 aliphatic carbocycles. The van der Waals surface area contributed by atoms with Crippen LogP contribution in [0.15, 0.2) is 12.1 Å². The molecule has 0 amide bonds. The number of alkyl halides is 3. The van der Waals surface area contributed by atoms with E-state index in [1.54, 1.807) is 0 Å². The number of ether oxygens (including phenoxy) is 1. The Balaban J connectivity index is 2.53. The summed E-state index contributed by atoms with van der Waals surface area (Å²) < 4.78 is 41.9. The first-order valence-electron chi connectivity index (χ1n) is 4.46. The van der Waals surface area contributed by atoms with Crippen LogP contribution in [0.1, 0.15) is 15.9 Å². The van der Waals surface area contributed by atoms with Gasteiger partial charge in [-0.1, -0.05) is 11.6 Å². The minimum atomic E-state index is -4.91. The van der Waals surface area contributed by atoms with E-state index in [1.807, 2.05) is 0 Å². The summed E-state index contributed by atoms with van der Waals surface area (Å²) in [6.45, 7) is 0.272. The highest BCUT2D eigenvalue weighted by atomic mass is 35.5. The maximum Gasteiger partial charge on any atom is 0.455 e. The first-order chi connectivity index (χ1) is 7.39. The molecule has 0 N–H and O–H groups in total. The summed E-state index contributed by atoms with van der Waals surface area (Å²) in [5.41, 5.74) is 0.0348. The molecule has 1 heterocycles. The fourth-order valence-corrected chi connectivity index (χ4v) is 1.83. The van der Waals surface area contributed by atoms with Crippen LogP contribution in [0.2, 0.25) is 5.02 Å². The minimum Gasteiger partial charge on any atom is -0.492 e. The average molecular weight is 251 g/mol. The van der Waals surface area contributed by atoms with Crippen molar-refractivity contribution in [3.05, 3.63) is 28.3 Å². The summed E-state index contributed by atoms with van der Waals surface area (Å²) in [6, 6.07) is 2.50. The van der Waals surface area contributed by atoms with E-state index in [4.69, 9.17) is 16.3 Å². The van der Waals surface area contributed by atoms with E-state index in [-0.39, 0.29) is 17.4 Å². The second kappa shape index (κ2) is 3.66. The maximum atomic E-state index is 12.3. The zero-order valence-electron chi connectivity index (χ0n) is 7.90. The largest absolute Gasteiger partial charge is 0.492 e. The van der Waals surface area contributed by atoms with Crippen LogP contribution < -0.4 is 4.74 Å². The van der Waals surface area contributed by atoms with E-state index in [1.165, 1.54) is 6.07 Å². The van der Waals surface area contributed by atoms with Crippen molar-refractivity contribution < 1.29 is 22.7 Å². The van der Waals surface area contributed by atoms with Gasteiger partial charge in [0.05, 0.1) is 12.2 Å². The van der Waals surface area contributed by atoms with Crippen molar-refractivity contribution >= 4 is 17.4 Å². The van der Waals surface area contributed by atoms with Gasteiger partial charge in [-0.05, 0) is 17.7 Å². The van der Waals surface area contributed by atoms with E-state index in [0.29, 0.717) is 12.0 Å². The number of fused-ring (bicyclic) bond motifs is 1. The van der Waals surface area contributed by atoms with Crippen molar-refractivity contribution in [3.63, 3.8) is 0 Å². The number of benzene rings is 1. The topological polar surface area (TPSA) is 26.3 Å². The van der Waals surface area contributed by atoms with Gasteiger partial charge in [0.1, 0.15) is 5.75 Å². The summed E-state index contributed by atoms with van der Waals surface area (Å²) in [5.74, 6) is -1.92. The summed E-state index contributed by atoms with van der Waals surface area (Å²) in [7, 11) is 0. The van der Waals surface area contributed by atoms with Crippen LogP contribution in [-0.4, -0.2) is 18.6 Å². The molecule has 0 saturated carbocycles. The lowest BCUT2D eigenvalue weighted by molar-refractivity contribution is -0.0886. The third kappa shape index (κ3) is 1.87. The Labute approximate surface area is 94.0 Å². The summed E-state index contributed by atoms with van der Waals surface area (Å²) in [4.78, 5) is 11.1. The summed E-state index contributed by atoms with van der Waals surface area (Å²) in [5, 5.41) is 0.108. The highest BCUT2D eigenvalue weighted by molar-refractivity contribution is 6.31. The van der Waals surface area contributed by atoms with Gasteiger partial charge in [-0.15, -0.1) is 0 Å². The Kier molecular flexibility index (Phi) is 2.58. The van der Waals surface area contributed by atoms with Gasteiger partial charge in [-0.3, -0.25) is 4.79 Å². The van der Waals surface area contributed by atoms with Crippen LogP contribution in [0.25, 0.3) is 0 Å². The third-order valence-electron chi connectivity index (χ3n) is 2.25. The third-order valence-corrected chi connectivity index (χ3v) is 2.47. The molecule has 86 valence electrons. The fraction of sp³-hybridized carbons (Fsp3) is 0.300. The molecule has 2 nitrogen and oxygen atoms in total. The predicted molar refractivity (Wildman–Crippen MR) is 51.0 cm³/mol. The van der Waals surface area contributed by atoms with E-state index in [0.717, 1.165) is 6.07 Å². The molecule has 1 aromatic carbocycles. The van der Waals surface area contributed by atoms with Crippen molar-refractivity contribution in [2.45, 2.75) is 12.6 Å². The van der Waals surface area contributed by atoms with E-state index in [9.17, 15) is 18.0 Å². The van der Waals surface area contributed by atoms with Crippen LogP contribution in [0.4, 0.5) is 13.2 Å². The summed E-state index contributed by atoms with van der Waals surface area (Å²) in [6.07, 6.45) is -4.45. The highest BCUT2D eigenvalue weighted by Gasteiger charge is 2.42. The molecule has 6 heteroatoms. The smallest absolute Gasteiger partial charge is 0.455 e. The van der Waals surface area contributed by atoms with Crippen molar-refractivity contribution in [2.75, 3.05) is 6.61 Å². The first kappa shape index (κ1) is 11.3.